The van der Waals surface area contributed by atoms with Crippen LogP contribution in [0.2, 0.25) is 5.02 Å². The fraction of sp³-hybridized carbons (Fsp3) is 0.417. The Labute approximate surface area is 134 Å². The Morgan fingerprint density at radius 2 is 2.10 bits per heavy atom. The summed E-state index contributed by atoms with van der Waals surface area (Å²) >= 11 is 8.46. The fourth-order valence-corrected chi connectivity index (χ4v) is 4.01. The first-order valence-electron chi connectivity index (χ1n) is 6.39. The Balaban J connectivity index is 1.67. The molecule has 2 aromatic heterocycles. The average Bonchev–Trinajstić information content (AvgIpc) is 3.06. The van der Waals surface area contributed by atoms with Crippen LogP contribution in [0, 0.1) is 6.92 Å². The molecule has 0 saturated carbocycles. The third kappa shape index (κ3) is 2.83. The first-order chi connectivity index (χ1) is 10.1. The monoisotopic (exact) mass is 344 g/mol. The van der Waals surface area contributed by atoms with Gasteiger partial charge in [0.1, 0.15) is 9.90 Å². The lowest BCUT2D eigenvalue weighted by atomic mass is 10.3. The number of aromatic amines is 1. The molecule has 0 atom stereocenters. The molecular formula is C12H13ClN4O2S2. The second-order valence-corrected chi connectivity index (χ2v) is 6.76. The molecule has 1 amide bonds. The van der Waals surface area contributed by atoms with Gasteiger partial charge in [0.25, 0.3) is 11.5 Å². The van der Waals surface area contributed by atoms with Gasteiger partial charge in [-0.1, -0.05) is 23.1 Å². The highest BCUT2D eigenvalue weighted by molar-refractivity contribution is 7.13. The van der Waals surface area contributed by atoms with E-state index >= 15 is 0 Å². The van der Waals surface area contributed by atoms with E-state index in [4.69, 9.17) is 11.6 Å². The number of nitrogens with zero attached hydrogens (tertiary/aromatic N) is 3. The number of hydrogen-bond donors (Lipinski definition) is 1. The molecule has 3 heterocycles. The van der Waals surface area contributed by atoms with Crippen molar-refractivity contribution in [2.75, 3.05) is 31.1 Å². The largest absolute Gasteiger partial charge is 0.345 e. The van der Waals surface area contributed by atoms with E-state index in [0.717, 1.165) is 35.4 Å². The van der Waals surface area contributed by atoms with Gasteiger partial charge in [-0.2, -0.15) is 0 Å². The first kappa shape index (κ1) is 14.6. The summed E-state index contributed by atoms with van der Waals surface area (Å²) in [5, 5.41) is 3.00. The molecular weight excluding hydrogens is 332 g/mol. The van der Waals surface area contributed by atoms with Gasteiger partial charge in [-0.05, 0) is 6.92 Å². The third-order valence-electron chi connectivity index (χ3n) is 3.28. The van der Waals surface area contributed by atoms with E-state index in [9.17, 15) is 9.59 Å². The number of carbonyl (C=O) groups excluding carboxylic acids is 1. The molecule has 3 rings (SSSR count). The highest BCUT2D eigenvalue weighted by atomic mass is 35.5. The minimum absolute atomic E-state index is 0.0111. The number of carbonyl (C=O) groups is 1. The summed E-state index contributed by atoms with van der Waals surface area (Å²) in [4.78, 5) is 32.3. The zero-order valence-electron chi connectivity index (χ0n) is 11.3. The fourth-order valence-electron chi connectivity index (χ4n) is 2.16. The molecule has 0 aromatic carbocycles. The van der Waals surface area contributed by atoms with Crippen LogP contribution in [-0.2, 0) is 0 Å². The smallest absolute Gasteiger partial charge is 0.277 e. The lowest BCUT2D eigenvalue weighted by molar-refractivity contribution is 0.0751. The van der Waals surface area contributed by atoms with Crippen LogP contribution in [0.5, 0.6) is 0 Å². The number of piperazine rings is 1. The van der Waals surface area contributed by atoms with Gasteiger partial charge >= 0.3 is 0 Å². The molecule has 1 saturated heterocycles. The summed E-state index contributed by atoms with van der Waals surface area (Å²) in [5.41, 5.74) is 0.610. The molecule has 2 aromatic rings. The van der Waals surface area contributed by atoms with Crippen LogP contribution in [0.1, 0.15) is 15.4 Å². The highest BCUT2D eigenvalue weighted by Gasteiger charge is 2.26. The minimum Gasteiger partial charge on any atom is -0.345 e. The molecule has 0 spiro atoms. The number of thiazole rings is 1. The summed E-state index contributed by atoms with van der Waals surface area (Å²) in [7, 11) is 0. The van der Waals surface area contributed by atoms with Crippen LogP contribution in [-0.4, -0.2) is 46.3 Å². The summed E-state index contributed by atoms with van der Waals surface area (Å²) in [5.74, 6) is -0.182. The Bertz CT molecular complexity index is 715. The van der Waals surface area contributed by atoms with Gasteiger partial charge in [0.05, 0.1) is 5.69 Å². The van der Waals surface area contributed by atoms with Crippen molar-refractivity contribution in [3.63, 3.8) is 0 Å². The van der Waals surface area contributed by atoms with E-state index in [1.54, 1.807) is 16.2 Å². The number of amides is 1. The molecule has 0 radical (unpaired) electrons. The van der Waals surface area contributed by atoms with Crippen LogP contribution in [0.25, 0.3) is 0 Å². The molecule has 9 heteroatoms. The first-order valence-corrected chi connectivity index (χ1v) is 8.47. The van der Waals surface area contributed by atoms with Crippen molar-refractivity contribution in [3.05, 3.63) is 31.3 Å². The van der Waals surface area contributed by atoms with Crippen molar-refractivity contribution in [2.45, 2.75) is 6.92 Å². The molecule has 21 heavy (non-hydrogen) atoms. The van der Waals surface area contributed by atoms with Gasteiger partial charge in [-0.15, -0.1) is 11.3 Å². The number of aromatic nitrogens is 2. The van der Waals surface area contributed by atoms with E-state index in [1.807, 2.05) is 12.3 Å². The quantitative estimate of drug-likeness (QED) is 0.902. The van der Waals surface area contributed by atoms with Gasteiger partial charge in [0.2, 0.25) is 0 Å². The average molecular weight is 345 g/mol. The standard InChI is InChI=1S/C12H13ClN4O2S2/c1-7-6-20-12(14-7)17-4-2-16(3-5-17)11(19)9-8(13)10(18)15-21-9/h6H,2-5H2,1H3,(H,15,18). The van der Waals surface area contributed by atoms with Crippen molar-refractivity contribution < 1.29 is 4.79 Å². The maximum atomic E-state index is 12.3. The third-order valence-corrected chi connectivity index (χ3v) is 5.65. The lowest BCUT2D eigenvalue weighted by Gasteiger charge is -2.34. The molecule has 0 unspecified atom stereocenters. The van der Waals surface area contributed by atoms with Crippen LogP contribution < -0.4 is 10.5 Å². The van der Waals surface area contributed by atoms with Gasteiger partial charge in [-0.25, -0.2) is 4.98 Å². The Morgan fingerprint density at radius 1 is 1.38 bits per heavy atom. The van der Waals surface area contributed by atoms with Gasteiger partial charge in [0, 0.05) is 31.6 Å². The van der Waals surface area contributed by atoms with Crippen molar-refractivity contribution in [1.82, 2.24) is 14.3 Å². The number of hydrogen-bond acceptors (Lipinski definition) is 6. The second-order valence-electron chi connectivity index (χ2n) is 4.73. The second kappa shape index (κ2) is 5.78. The molecule has 1 aliphatic heterocycles. The van der Waals surface area contributed by atoms with Crippen LogP contribution >= 0.6 is 34.5 Å². The van der Waals surface area contributed by atoms with E-state index in [1.165, 1.54) is 0 Å². The lowest BCUT2D eigenvalue weighted by Crippen LogP contribution is -2.48. The van der Waals surface area contributed by atoms with E-state index in [2.05, 4.69) is 14.3 Å². The summed E-state index contributed by atoms with van der Waals surface area (Å²) in [6, 6.07) is 0. The number of aryl methyl sites for hydroxylation is 1. The number of nitrogens with one attached hydrogen (secondary N) is 1. The van der Waals surface area contributed by atoms with E-state index < -0.39 is 5.56 Å². The van der Waals surface area contributed by atoms with Crippen molar-refractivity contribution >= 4 is 45.5 Å². The van der Waals surface area contributed by atoms with Crippen LogP contribution in [0.3, 0.4) is 0 Å². The Hall–Kier alpha value is -1.38. The Morgan fingerprint density at radius 3 is 2.62 bits per heavy atom. The molecule has 6 nitrogen and oxygen atoms in total. The molecule has 0 aliphatic carbocycles. The van der Waals surface area contributed by atoms with Crippen molar-refractivity contribution in [1.29, 1.82) is 0 Å². The van der Waals surface area contributed by atoms with Crippen LogP contribution in [0.4, 0.5) is 5.13 Å². The SMILES string of the molecule is Cc1csc(N2CCN(C(=O)c3s[nH]c(=O)c3Cl)CC2)n1. The zero-order valence-corrected chi connectivity index (χ0v) is 13.6. The predicted octanol–water partition coefficient (Wildman–Crippen LogP) is 1.82. The summed E-state index contributed by atoms with van der Waals surface area (Å²) in [6.45, 7) is 4.63. The molecule has 1 N–H and O–H groups in total. The van der Waals surface area contributed by atoms with Crippen molar-refractivity contribution in [2.24, 2.45) is 0 Å². The number of anilines is 1. The molecule has 0 bridgehead atoms. The Kier molecular flexibility index (Phi) is 4.01. The molecule has 1 fully saturated rings. The van der Waals surface area contributed by atoms with E-state index in [0.29, 0.717) is 18.0 Å². The number of halogens is 1. The maximum absolute atomic E-state index is 12.3. The maximum Gasteiger partial charge on any atom is 0.277 e. The van der Waals surface area contributed by atoms with Gasteiger partial charge in [-0.3, -0.25) is 14.0 Å². The molecule has 1 aliphatic rings. The minimum atomic E-state index is -0.401. The topological polar surface area (TPSA) is 69.3 Å². The predicted molar refractivity (Wildman–Crippen MR) is 84.9 cm³/mol. The van der Waals surface area contributed by atoms with Gasteiger partial charge < -0.3 is 9.80 Å². The van der Waals surface area contributed by atoms with Crippen LogP contribution in [0.15, 0.2) is 10.2 Å². The summed E-state index contributed by atoms with van der Waals surface area (Å²) < 4.78 is 2.48. The molecule has 112 valence electrons. The normalized spacial score (nSPS) is 15.5. The summed E-state index contributed by atoms with van der Waals surface area (Å²) in [6.07, 6.45) is 0. The number of H-pyrrole nitrogens is 1. The van der Waals surface area contributed by atoms with Crippen molar-refractivity contribution in [3.8, 4) is 0 Å². The highest BCUT2D eigenvalue weighted by Crippen LogP contribution is 2.23. The number of rotatable bonds is 2. The van der Waals surface area contributed by atoms with Gasteiger partial charge in [0.15, 0.2) is 5.13 Å². The zero-order chi connectivity index (χ0) is 15.0. The van der Waals surface area contributed by atoms with E-state index in [-0.39, 0.29) is 10.9 Å².